The molecule has 0 heterocycles. The molecule has 0 saturated heterocycles. The van der Waals surface area contributed by atoms with E-state index in [9.17, 15) is 18.0 Å². The molecule has 0 aromatic rings. The van der Waals surface area contributed by atoms with Gasteiger partial charge in [-0.05, 0) is 64.5 Å². The first-order chi connectivity index (χ1) is 33.2. The molecule has 0 fully saturated rings. The lowest BCUT2D eigenvalue weighted by Crippen LogP contribution is -2.30. The summed E-state index contributed by atoms with van der Waals surface area (Å²) >= 11 is 0. The summed E-state index contributed by atoms with van der Waals surface area (Å²) in [5, 5.41) is 0. The minimum atomic E-state index is -3.45. The van der Waals surface area contributed by atoms with Crippen LogP contribution in [0.1, 0.15) is 233 Å². The normalized spacial score (nSPS) is 12.8. The van der Waals surface area contributed by atoms with Gasteiger partial charge in [0.2, 0.25) is 0 Å². The van der Waals surface area contributed by atoms with Crippen molar-refractivity contribution in [1.29, 1.82) is 0 Å². The average molecular weight is 993 g/mol. The second-order valence-electron chi connectivity index (χ2n) is 19.2. The predicted octanol–water partition coefficient (Wildman–Crippen LogP) is 13.2. The third kappa shape index (κ3) is 48.3. The van der Waals surface area contributed by atoms with Crippen molar-refractivity contribution in [2.45, 2.75) is 233 Å². The SMILES string of the molecule is CCCCCCCCC(CCCCCC)C(=O)OCCCCCCN(CCCCCCOC(=O)C(CCCCCC)CCCCCCCC)CCOCCOCCOCCOCCOS(C)(=O)=O. The number of carbonyl (C=O) groups is 2. The molecule has 0 aromatic carbocycles. The van der Waals surface area contributed by atoms with E-state index in [1.807, 2.05) is 0 Å². The van der Waals surface area contributed by atoms with Crippen molar-refractivity contribution in [1.82, 2.24) is 4.90 Å². The number of nitrogens with zero attached hydrogens (tertiary/aromatic N) is 1. The summed E-state index contributed by atoms with van der Waals surface area (Å²) in [7, 11) is -3.45. The Morgan fingerprint density at radius 1 is 0.353 bits per heavy atom. The van der Waals surface area contributed by atoms with E-state index >= 15 is 0 Å². The third-order valence-electron chi connectivity index (χ3n) is 12.7. The summed E-state index contributed by atoms with van der Waals surface area (Å²) in [6, 6.07) is 0. The first-order valence-corrected chi connectivity index (χ1v) is 30.2. The zero-order valence-electron chi connectivity index (χ0n) is 45.0. The average Bonchev–Trinajstić information content (AvgIpc) is 3.32. The van der Waals surface area contributed by atoms with Crippen LogP contribution in [0.25, 0.3) is 0 Å². The number of hydrogen-bond acceptors (Lipinski definition) is 12. The van der Waals surface area contributed by atoms with Gasteiger partial charge in [0.25, 0.3) is 10.1 Å². The summed E-state index contributed by atoms with van der Waals surface area (Å²) < 4.78 is 60.7. The molecule has 68 heavy (non-hydrogen) atoms. The number of carbonyl (C=O) groups excluding carboxylic acids is 2. The Labute approximate surface area is 419 Å². The number of ether oxygens (including phenoxy) is 6. The van der Waals surface area contributed by atoms with Crippen LogP contribution >= 0.6 is 0 Å². The van der Waals surface area contributed by atoms with Crippen molar-refractivity contribution < 1.29 is 50.6 Å². The van der Waals surface area contributed by atoms with Gasteiger partial charge >= 0.3 is 11.9 Å². The fourth-order valence-corrected chi connectivity index (χ4v) is 8.81. The number of hydrogen-bond donors (Lipinski definition) is 0. The maximum absolute atomic E-state index is 13.1. The zero-order valence-corrected chi connectivity index (χ0v) is 45.8. The molecule has 13 heteroatoms. The molecular weight excluding hydrogens is 883 g/mol. The maximum atomic E-state index is 13.1. The lowest BCUT2D eigenvalue weighted by atomic mass is 9.94. The predicted molar refractivity (Wildman–Crippen MR) is 280 cm³/mol. The van der Waals surface area contributed by atoms with Crippen LogP contribution < -0.4 is 0 Å². The van der Waals surface area contributed by atoms with Gasteiger partial charge in [0.15, 0.2) is 0 Å². The summed E-state index contributed by atoms with van der Waals surface area (Å²) in [6.45, 7) is 16.4. The van der Waals surface area contributed by atoms with E-state index in [1.54, 1.807) is 0 Å². The van der Waals surface area contributed by atoms with Crippen LogP contribution in [-0.2, 0) is 52.3 Å². The van der Waals surface area contributed by atoms with Gasteiger partial charge in [0.1, 0.15) is 0 Å². The van der Waals surface area contributed by atoms with E-state index in [2.05, 4.69) is 36.8 Å². The number of unbranched alkanes of at least 4 members (excludes halogenated alkanes) is 22. The first-order valence-electron chi connectivity index (χ1n) is 28.4. The van der Waals surface area contributed by atoms with E-state index < -0.39 is 10.1 Å². The highest BCUT2D eigenvalue weighted by atomic mass is 32.2. The van der Waals surface area contributed by atoms with Gasteiger partial charge in [-0.3, -0.25) is 13.8 Å². The Balaban J connectivity index is 4.72. The fourth-order valence-electron chi connectivity index (χ4n) is 8.44. The van der Waals surface area contributed by atoms with Gasteiger partial charge < -0.3 is 33.3 Å². The number of esters is 2. The van der Waals surface area contributed by atoms with Crippen molar-refractivity contribution in [3.63, 3.8) is 0 Å². The lowest BCUT2D eigenvalue weighted by Gasteiger charge is -2.22. The number of rotatable bonds is 56. The van der Waals surface area contributed by atoms with Gasteiger partial charge in [-0.2, -0.15) is 8.42 Å². The third-order valence-corrected chi connectivity index (χ3v) is 13.3. The standard InChI is InChI=1S/C55H109NO11S/c1-6-10-14-18-20-28-36-52(34-26-16-12-8-3)54(57)65-41-32-24-22-30-38-56(40-43-61-44-45-62-46-47-63-48-49-64-50-51-67-68(5,59)60)39-31-23-25-33-42-66-55(58)53(35-27-17-13-9-4)37-29-21-19-15-11-7-2/h52-53H,6-51H2,1-5H3. The molecule has 0 amide bonds. The lowest BCUT2D eigenvalue weighted by molar-refractivity contribution is -0.150. The molecule has 0 aliphatic heterocycles. The van der Waals surface area contributed by atoms with E-state index in [0.717, 1.165) is 129 Å². The molecule has 0 bridgehead atoms. The molecule has 0 aliphatic rings. The molecule has 0 N–H and O–H groups in total. The topological polar surface area (TPSA) is 136 Å². The minimum absolute atomic E-state index is 0.00202. The van der Waals surface area contributed by atoms with Gasteiger partial charge in [-0.15, -0.1) is 0 Å². The van der Waals surface area contributed by atoms with E-state index in [1.165, 1.54) is 103 Å². The van der Waals surface area contributed by atoms with Gasteiger partial charge in [0.05, 0.1) is 90.8 Å². The first kappa shape index (κ1) is 66.7. The summed E-state index contributed by atoms with van der Waals surface area (Å²) in [5.74, 6) is 0.176. The van der Waals surface area contributed by atoms with Crippen molar-refractivity contribution in [3.05, 3.63) is 0 Å². The summed E-state index contributed by atoms with van der Waals surface area (Å²) in [6.07, 6.45) is 37.8. The van der Waals surface area contributed by atoms with Crippen molar-refractivity contribution in [2.24, 2.45) is 11.8 Å². The molecule has 0 saturated carbocycles. The highest BCUT2D eigenvalue weighted by Gasteiger charge is 2.20. The fraction of sp³-hybridized carbons (Fsp3) is 0.964. The van der Waals surface area contributed by atoms with E-state index in [4.69, 9.17) is 28.4 Å². The van der Waals surface area contributed by atoms with Gasteiger partial charge in [-0.1, -0.05) is 182 Å². The van der Waals surface area contributed by atoms with Crippen LogP contribution in [0.2, 0.25) is 0 Å². The summed E-state index contributed by atoms with van der Waals surface area (Å²) in [5.41, 5.74) is 0. The van der Waals surface area contributed by atoms with Gasteiger partial charge in [0, 0.05) is 6.54 Å². The van der Waals surface area contributed by atoms with Crippen LogP contribution in [0.5, 0.6) is 0 Å². The molecule has 2 atom stereocenters. The zero-order chi connectivity index (χ0) is 49.9. The largest absolute Gasteiger partial charge is 0.465 e. The van der Waals surface area contributed by atoms with Crippen molar-refractivity contribution in [2.75, 3.05) is 98.6 Å². The molecule has 0 spiro atoms. The Kier molecular flexibility index (Phi) is 51.0. The molecular formula is C55H109NO11S. The molecule has 2 unspecified atom stereocenters. The van der Waals surface area contributed by atoms with Crippen molar-refractivity contribution >= 4 is 22.1 Å². The van der Waals surface area contributed by atoms with Crippen molar-refractivity contribution in [3.8, 4) is 0 Å². The van der Waals surface area contributed by atoms with Crippen LogP contribution in [0, 0.1) is 11.8 Å². The Bertz CT molecular complexity index is 1120. The molecule has 406 valence electrons. The van der Waals surface area contributed by atoms with Crippen LogP contribution in [0.15, 0.2) is 0 Å². The Morgan fingerprint density at radius 2 is 0.647 bits per heavy atom. The summed E-state index contributed by atoms with van der Waals surface area (Å²) in [4.78, 5) is 28.7. The van der Waals surface area contributed by atoms with E-state index in [-0.39, 0.29) is 37.0 Å². The van der Waals surface area contributed by atoms with Crippen LogP contribution in [0.3, 0.4) is 0 Å². The van der Waals surface area contributed by atoms with Crippen LogP contribution in [0.4, 0.5) is 0 Å². The Morgan fingerprint density at radius 3 is 1.01 bits per heavy atom. The molecule has 0 rings (SSSR count). The molecule has 12 nitrogen and oxygen atoms in total. The smallest absolute Gasteiger partial charge is 0.308 e. The Hall–Kier alpha value is -1.35. The molecule has 0 radical (unpaired) electrons. The maximum Gasteiger partial charge on any atom is 0.308 e. The highest BCUT2D eigenvalue weighted by molar-refractivity contribution is 7.85. The van der Waals surface area contributed by atoms with Gasteiger partial charge in [-0.25, -0.2) is 0 Å². The molecule has 0 aliphatic carbocycles. The second kappa shape index (κ2) is 52.0. The minimum Gasteiger partial charge on any atom is -0.465 e. The highest BCUT2D eigenvalue weighted by Crippen LogP contribution is 2.22. The molecule has 0 aromatic heterocycles. The van der Waals surface area contributed by atoms with E-state index in [0.29, 0.717) is 59.5 Å². The monoisotopic (exact) mass is 992 g/mol. The second-order valence-corrected chi connectivity index (χ2v) is 20.8. The quantitative estimate of drug-likeness (QED) is 0.0326. The van der Waals surface area contributed by atoms with Crippen LogP contribution in [-0.4, -0.2) is 124 Å².